The van der Waals surface area contributed by atoms with Crippen LogP contribution in [0.2, 0.25) is 0 Å². The van der Waals surface area contributed by atoms with Crippen LogP contribution in [0.1, 0.15) is 161 Å². The quantitative estimate of drug-likeness (QED) is 0.284. The predicted molar refractivity (Wildman–Crippen MR) is 163 cm³/mol. The molecule has 0 heterocycles. The van der Waals surface area contributed by atoms with E-state index in [2.05, 4.69) is 96.9 Å². The second kappa shape index (κ2) is 17.5. The molecule has 2 aliphatic rings. The number of hydrogen-bond acceptors (Lipinski definition) is 0. The van der Waals surface area contributed by atoms with Gasteiger partial charge in [0.25, 0.3) is 0 Å². The summed E-state index contributed by atoms with van der Waals surface area (Å²) in [6, 6.07) is 0. The van der Waals surface area contributed by atoms with Crippen molar-refractivity contribution < 1.29 is 0 Å². The lowest BCUT2D eigenvalue weighted by atomic mass is 9.68. The molecular weight excluding hydrogens is 420 g/mol. The Bertz CT molecular complexity index is 478. The van der Waals surface area contributed by atoms with E-state index in [0.29, 0.717) is 5.41 Å². The Morgan fingerprint density at radius 2 is 1.09 bits per heavy atom. The summed E-state index contributed by atoms with van der Waals surface area (Å²) in [4.78, 5) is 0. The summed E-state index contributed by atoms with van der Waals surface area (Å²) in [6.07, 6.45) is 14.4. The van der Waals surface area contributed by atoms with Gasteiger partial charge in [-0.15, -0.1) is 0 Å². The standard InChI is InChI=1S/C18H36.C11H24.C6H12/c1-8-16(9-2)13(3)12-14(4)17-11-10-15(5)18(17,6)7;1-8(2)10(5)7-11(6)9(3)4;1-6-4-2-3-5-6/h13-17H,8-12H2,1-7H3;8-11H,7H2,1-6H3;6H,2-5H2,1H3. The third-order valence-electron chi connectivity index (χ3n) is 11.1. The highest BCUT2D eigenvalue weighted by atomic mass is 14.5. The third-order valence-corrected chi connectivity index (χ3v) is 11.1. The van der Waals surface area contributed by atoms with E-state index in [1.807, 2.05) is 0 Å². The minimum absolute atomic E-state index is 0.563. The highest BCUT2D eigenvalue weighted by Gasteiger charge is 2.43. The molecule has 35 heavy (non-hydrogen) atoms. The average Bonchev–Trinajstić information content (AvgIpc) is 3.35. The molecule has 6 unspecified atom stereocenters. The van der Waals surface area contributed by atoms with Crippen LogP contribution in [0, 0.1) is 64.6 Å². The van der Waals surface area contributed by atoms with Crippen LogP contribution in [-0.2, 0) is 0 Å². The Hall–Kier alpha value is 0. The van der Waals surface area contributed by atoms with Gasteiger partial charge in [-0.2, -0.15) is 0 Å². The lowest BCUT2D eigenvalue weighted by Gasteiger charge is -2.37. The first-order valence-electron chi connectivity index (χ1n) is 16.2. The predicted octanol–water partition coefficient (Wildman–Crippen LogP) is 12.3. The first kappa shape index (κ1) is 35.0. The van der Waals surface area contributed by atoms with Crippen molar-refractivity contribution in [3.63, 3.8) is 0 Å². The van der Waals surface area contributed by atoms with Gasteiger partial charge in [-0.1, -0.05) is 135 Å². The smallest absolute Gasteiger partial charge is 0.0298 e. The van der Waals surface area contributed by atoms with Gasteiger partial charge >= 0.3 is 0 Å². The maximum atomic E-state index is 2.52. The molecule has 2 rings (SSSR count). The van der Waals surface area contributed by atoms with Crippen LogP contribution >= 0.6 is 0 Å². The van der Waals surface area contributed by atoms with E-state index in [0.717, 1.165) is 59.2 Å². The van der Waals surface area contributed by atoms with Crippen molar-refractivity contribution in [2.24, 2.45) is 64.6 Å². The molecule has 0 spiro atoms. The van der Waals surface area contributed by atoms with Gasteiger partial charge < -0.3 is 0 Å². The molecular formula is C35H72. The molecule has 0 aliphatic heterocycles. The number of rotatable bonds is 10. The summed E-state index contributed by atoms with van der Waals surface area (Å²) < 4.78 is 0. The summed E-state index contributed by atoms with van der Waals surface area (Å²) >= 11 is 0. The van der Waals surface area contributed by atoms with Crippen molar-refractivity contribution in [3.05, 3.63) is 0 Å². The van der Waals surface area contributed by atoms with Gasteiger partial charge in [0.2, 0.25) is 0 Å². The van der Waals surface area contributed by atoms with Gasteiger partial charge in [0.05, 0.1) is 0 Å². The van der Waals surface area contributed by atoms with Gasteiger partial charge in [-0.25, -0.2) is 0 Å². The molecule has 0 aromatic carbocycles. The zero-order valence-electron chi connectivity index (χ0n) is 27.3. The summed E-state index contributed by atoms with van der Waals surface area (Å²) in [6.45, 7) is 33.5. The maximum absolute atomic E-state index is 2.52. The zero-order chi connectivity index (χ0) is 27.3. The lowest BCUT2D eigenvalue weighted by Crippen LogP contribution is -2.29. The highest BCUT2D eigenvalue weighted by molar-refractivity contribution is 4.92. The third kappa shape index (κ3) is 12.9. The first-order chi connectivity index (χ1) is 16.2. The fourth-order valence-corrected chi connectivity index (χ4v) is 6.85. The summed E-state index contributed by atoms with van der Waals surface area (Å²) in [5, 5.41) is 0. The molecule has 0 N–H and O–H groups in total. The SMILES string of the molecule is CC(C)C(C)CC(C)C(C)C.CC1CCCC1.CCC(CC)C(C)CC(C)C1CCC(C)C1(C)C. The molecule has 0 bridgehead atoms. The van der Waals surface area contributed by atoms with Gasteiger partial charge in [-0.05, 0) is 90.3 Å². The molecule has 0 nitrogen and oxygen atoms in total. The van der Waals surface area contributed by atoms with E-state index in [-0.39, 0.29) is 0 Å². The van der Waals surface area contributed by atoms with Crippen molar-refractivity contribution in [1.82, 2.24) is 0 Å². The van der Waals surface area contributed by atoms with Crippen molar-refractivity contribution in [2.75, 3.05) is 0 Å². The van der Waals surface area contributed by atoms with E-state index in [1.165, 1.54) is 64.2 Å². The maximum Gasteiger partial charge on any atom is -0.0298 e. The molecule has 0 aromatic rings. The second-order valence-corrected chi connectivity index (χ2v) is 14.7. The molecule has 212 valence electrons. The Kier molecular flexibility index (Phi) is 17.5. The average molecular weight is 493 g/mol. The second-order valence-electron chi connectivity index (χ2n) is 14.7. The number of hydrogen-bond donors (Lipinski definition) is 0. The normalized spacial score (nSPS) is 25.6. The molecule has 2 saturated carbocycles. The Morgan fingerprint density at radius 1 is 0.629 bits per heavy atom. The minimum atomic E-state index is 0.563. The van der Waals surface area contributed by atoms with Crippen molar-refractivity contribution in [2.45, 2.75) is 161 Å². The molecule has 0 saturated heterocycles. The van der Waals surface area contributed by atoms with Gasteiger partial charge in [0, 0.05) is 0 Å². The lowest BCUT2D eigenvalue weighted by molar-refractivity contribution is 0.122. The highest BCUT2D eigenvalue weighted by Crippen LogP contribution is 2.51. The van der Waals surface area contributed by atoms with Gasteiger partial charge in [0.1, 0.15) is 0 Å². The largest absolute Gasteiger partial charge is 0.0651 e. The van der Waals surface area contributed by atoms with Crippen LogP contribution < -0.4 is 0 Å². The van der Waals surface area contributed by atoms with Crippen LogP contribution in [0.25, 0.3) is 0 Å². The Morgan fingerprint density at radius 3 is 1.37 bits per heavy atom. The van der Waals surface area contributed by atoms with Crippen LogP contribution in [-0.4, -0.2) is 0 Å². The van der Waals surface area contributed by atoms with E-state index >= 15 is 0 Å². The monoisotopic (exact) mass is 493 g/mol. The van der Waals surface area contributed by atoms with E-state index in [1.54, 1.807) is 0 Å². The van der Waals surface area contributed by atoms with Crippen molar-refractivity contribution >= 4 is 0 Å². The fraction of sp³-hybridized carbons (Fsp3) is 1.00. The van der Waals surface area contributed by atoms with Crippen LogP contribution in [0.4, 0.5) is 0 Å². The molecule has 0 heteroatoms. The zero-order valence-corrected chi connectivity index (χ0v) is 27.3. The first-order valence-corrected chi connectivity index (χ1v) is 16.2. The Balaban J connectivity index is 0.000000572. The Labute approximate surface area is 225 Å². The van der Waals surface area contributed by atoms with Gasteiger partial charge in [0.15, 0.2) is 0 Å². The van der Waals surface area contributed by atoms with Crippen molar-refractivity contribution in [3.8, 4) is 0 Å². The molecule has 0 aromatic heterocycles. The molecule has 2 fully saturated rings. The summed E-state index contributed by atoms with van der Waals surface area (Å²) in [7, 11) is 0. The fourth-order valence-electron chi connectivity index (χ4n) is 6.85. The minimum Gasteiger partial charge on any atom is -0.0651 e. The van der Waals surface area contributed by atoms with E-state index in [9.17, 15) is 0 Å². The molecule has 6 atom stereocenters. The van der Waals surface area contributed by atoms with Crippen LogP contribution in [0.15, 0.2) is 0 Å². The van der Waals surface area contributed by atoms with Crippen LogP contribution in [0.5, 0.6) is 0 Å². The topological polar surface area (TPSA) is 0 Å². The molecule has 0 radical (unpaired) electrons. The summed E-state index contributed by atoms with van der Waals surface area (Å²) in [5.74, 6) is 9.10. The molecule has 2 aliphatic carbocycles. The van der Waals surface area contributed by atoms with Gasteiger partial charge in [-0.3, -0.25) is 0 Å². The molecule has 0 amide bonds. The summed E-state index contributed by atoms with van der Waals surface area (Å²) in [5.41, 5.74) is 0.563. The van der Waals surface area contributed by atoms with E-state index in [4.69, 9.17) is 0 Å². The van der Waals surface area contributed by atoms with Crippen molar-refractivity contribution in [1.29, 1.82) is 0 Å². The van der Waals surface area contributed by atoms with Crippen LogP contribution in [0.3, 0.4) is 0 Å². The van der Waals surface area contributed by atoms with E-state index < -0.39 is 0 Å².